The lowest BCUT2D eigenvalue weighted by molar-refractivity contribution is 0.197. The van der Waals surface area contributed by atoms with Crippen LogP contribution in [-0.2, 0) is 0 Å². The van der Waals surface area contributed by atoms with E-state index in [-0.39, 0.29) is 0 Å². The Labute approximate surface area is 125 Å². The molecule has 0 bridgehead atoms. The topological polar surface area (TPSA) is 29.3 Å². The van der Waals surface area contributed by atoms with E-state index in [0.717, 1.165) is 4.47 Å². The molecule has 1 aromatic carbocycles. The van der Waals surface area contributed by atoms with Crippen LogP contribution in [0.25, 0.3) is 0 Å². The molecule has 0 saturated carbocycles. The summed E-state index contributed by atoms with van der Waals surface area (Å²) in [6.07, 6.45) is 3.86. The third kappa shape index (κ3) is 3.21. The first-order valence-electron chi connectivity index (χ1n) is 7.33. The highest BCUT2D eigenvalue weighted by Gasteiger charge is 2.37. The van der Waals surface area contributed by atoms with Crippen molar-refractivity contribution in [1.29, 1.82) is 0 Å². The Morgan fingerprint density at radius 1 is 1.26 bits per heavy atom. The van der Waals surface area contributed by atoms with Crippen LogP contribution in [-0.4, -0.2) is 24.5 Å². The summed E-state index contributed by atoms with van der Waals surface area (Å²) in [4.78, 5) is 2.58. The highest BCUT2D eigenvalue weighted by molar-refractivity contribution is 9.10. The van der Waals surface area contributed by atoms with Crippen molar-refractivity contribution in [3.05, 3.63) is 34.3 Å². The summed E-state index contributed by atoms with van der Waals surface area (Å²) in [7, 11) is 0. The van der Waals surface area contributed by atoms with Gasteiger partial charge in [-0.2, -0.15) is 0 Å². The van der Waals surface area contributed by atoms with Gasteiger partial charge in [-0.1, -0.05) is 41.9 Å². The Hall–Kier alpha value is -0.380. The minimum atomic E-state index is 0.369. The molecule has 2 rings (SSSR count). The van der Waals surface area contributed by atoms with E-state index < -0.39 is 0 Å². The molecule has 2 nitrogen and oxygen atoms in total. The maximum absolute atomic E-state index is 6.04. The molecule has 1 aliphatic heterocycles. The Morgan fingerprint density at radius 3 is 2.37 bits per heavy atom. The zero-order valence-corrected chi connectivity index (χ0v) is 13.6. The van der Waals surface area contributed by atoms with Crippen molar-refractivity contribution in [1.82, 2.24) is 4.90 Å². The average Bonchev–Trinajstić information content (AvgIpc) is 2.87. The maximum atomic E-state index is 6.04. The van der Waals surface area contributed by atoms with Crippen LogP contribution in [0.3, 0.4) is 0 Å². The van der Waals surface area contributed by atoms with Crippen molar-refractivity contribution in [2.24, 2.45) is 11.1 Å². The van der Waals surface area contributed by atoms with Crippen molar-refractivity contribution in [2.75, 3.05) is 19.6 Å². The number of hydrogen-bond acceptors (Lipinski definition) is 2. The fourth-order valence-electron chi connectivity index (χ4n) is 3.24. The summed E-state index contributed by atoms with van der Waals surface area (Å²) in [6.45, 7) is 7.72. The smallest absolute Gasteiger partial charge is 0.0470 e. The van der Waals surface area contributed by atoms with Crippen molar-refractivity contribution < 1.29 is 0 Å². The number of rotatable bonds is 5. The van der Waals surface area contributed by atoms with Crippen LogP contribution in [0.15, 0.2) is 28.7 Å². The van der Waals surface area contributed by atoms with Gasteiger partial charge < -0.3 is 5.73 Å². The van der Waals surface area contributed by atoms with Crippen LogP contribution < -0.4 is 5.73 Å². The van der Waals surface area contributed by atoms with Crippen molar-refractivity contribution in [3.63, 3.8) is 0 Å². The first kappa shape index (κ1) is 15.0. The molecule has 0 amide bonds. The van der Waals surface area contributed by atoms with Gasteiger partial charge in [0.2, 0.25) is 0 Å². The molecule has 1 aliphatic rings. The number of nitrogens with zero attached hydrogens (tertiary/aromatic N) is 1. The molecule has 1 heterocycles. The molecule has 106 valence electrons. The van der Waals surface area contributed by atoms with Gasteiger partial charge in [0.1, 0.15) is 0 Å². The van der Waals surface area contributed by atoms with E-state index in [4.69, 9.17) is 5.73 Å². The van der Waals surface area contributed by atoms with Gasteiger partial charge in [-0.3, -0.25) is 4.90 Å². The van der Waals surface area contributed by atoms with E-state index in [2.05, 4.69) is 58.9 Å². The van der Waals surface area contributed by atoms with Crippen molar-refractivity contribution in [2.45, 2.75) is 39.2 Å². The van der Waals surface area contributed by atoms with E-state index in [0.29, 0.717) is 18.0 Å². The molecule has 0 aliphatic carbocycles. The average molecular weight is 325 g/mol. The molecule has 0 radical (unpaired) electrons. The molecule has 1 aromatic rings. The number of halogens is 1. The van der Waals surface area contributed by atoms with Crippen molar-refractivity contribution >= 4 is 15.9 Å². The molecule has 3 heteroatoms. The van der Waals surface area contributed by atoms with Crippen LogP contribution >= 0.6 is 15.9 Å². The van der Waals surface area contributed by atoms with Gasteiger partial charge in [-0.25, -0.2) is 0 Å². The second kappa shape index (κ2) is 6.38. The SMILES string of the molecule is CCC1(CC)CCN(C(CN)c2ccc(Br)cc2)C1. The zero-order valence-electron chi connectivity index (χ0n) is 12.0. The Morgan fingerprint density at radius 2 is 1.89 bits per heavy atom. The molecule has 1 unspecified atom stereocenters. The molecule has 0 spiro atoms. The second-order valence-electron chi connectivity index (χ2n) is 5.73. The van der Waals surface area contributed by atoms with Gasteiger partial charge in [-0.15, -0.1) is 0 Å². The van der Waals surface area contributed by atoms with Crippen LogP contribution in [0, 0.1) is 5.41 Å². The van der Waals surface area contributed by atoms with E-state index in [1.165, 1.54) is 37.9 Å². The monoisotopic (exact) mass is 324 g/mol. The summed E-state index contributed by atoms with van der Waals surface area (Å²) in [6, 6.07) is 8.98. The van der Waals surface area contributed by atoms with Gasteiger partial charge in [0.05, 0.1) is 0 Å². The summed E-state index contributed by atoms with van der Waals surface area (Å²) < 4.78 is 1.13. The number of likely N-dealkylation sites (tertiary alicyclic amines) is 1. The van der Waals surface area contributed by atoms with Crippen LogP contribution in [0.1, 0.15) is 44.7 Å². The van der Waals surface area contributed by atoms with Gasteiger partial charge in [0.25, 0.3) is 0 Å². The van der Waals surface area contributed by atoms with Gasteiger partial charge in [-0.05, 0) is 48.9 Å². The lowest BCUT2D eigenvalue weighted by atomic mass is 9.82. The molecular weight excluding hydrogens is 300 g/mol. The zero-order chi connectivity index (χ0) is 13.9. The lowest BCUT2D eigenvalue weighted by Crippen LogP contribution is -2.34. The van der Waals surface area contributed by atoms with E-state index in [1.54, 1.807) is 0 Å². The van der Waals surface area contributed by atoms with Gasteiger partial charge >= 0.3 is 0 Å². The highest BCUT2D eigenvalue weighted by atomic mass is 79.9. The molecule has 1 saturated heterocycles. The second-order valence-corrected chi connectivity index (χ2v) is 6.65. The van der Waals surface area contributed by atoms with E-state index >= 15 is 0 Å². The Balaban J connectivity index is 2.13. The summed E-state index contributed by atoms with van der Waals surface area (Å²) in [5, 5.41) is 0. The van der Waals surface area contributed by atoms with Gasteiger partial charge in [0, 0.05) is 23.6 Å². The first-order chi connectivity index (χ1) is 9.14. The molecule has 1 atom stereocenters. The number of benzene rings is 1. The molecule has 2 N–H and O–H groups in total. The summed E-state index contributed by atoms with van der Waals surface area (Å²) in [5.74, 6) is 0. The summed E-state index contributed by atoms with van der Waals surface area (Å²) >= 11 is 3.50. The van der Waals surface area contributed by atoms with Crippen LogP contribution in [0.2, 0.25) is 0 Å². The third-order valence-corrected chi connectivity index (χ3v) is 5.42. The lowest BCUT2D eigenvalue weighted by Gasteiger charge is -2.31. The number of nitrogens with two attached hydrogens (primary N) is 1. The predicted molar refractivity (Wildman–Crippen MR) is 85.1 cm³/mol. The minimum absolute atomic E-state index is 0.369. The molecule has 19 heavy (non-hydrogen) atoms. The number of hydrogen-bond donors (Lipinski definition) is 1. The van der Waals surface area contributed by atoms with Crippen LogP contribution in [0.5, 0.6) is 0 Å². The summed E-state index contributed by atoms with van der Waals surface area (Å²) in [5.41, 5.74) is 7.90. The normalized spacial score (nSPS) is 20.6. The minimum Gasteiger partial charge on any atom is -0.329 e. The highest BCUT2D eigenvalue weighted by Crippen LogP contribution is 2.40. The largest absolute Gasteiger partial charge is 0.329 e. The maximum Gasteiger partial charge on any atom is 0.0470 e. The van der Waals surface area contributed by atoms with E-state index in [9.17, 15) is 0 Å². The van der Waals surface area contributed by atoms with Crippen LogP contribution in [0.4, 0.5) is 0 Å². The molecular formula is C16H25BrN2. The van der Waals surface area contributed by atoms with Crippen molar-refractivity contribution in [3.8, 4) is 0 Å². The quantitative estimate of drug-likeness (QED) is 0.888. The third-order valence-electron chi connectivity index (χ3n) is 4.89. The first-order valence-corrected chi connectivity index (χ1v) is 8.13. The predicted octanol–water partition coefficient (Wildman–Crippen LogP) is 3.96. The Bertz CT molecular complexity index is 398. The Kier molecular flexibility index (Phi) is 5.04. The standard InChI is InChI=1S/C16H25BrN2/c1-3-16(4-2)9-10-19(12-16)15(11-18)13-5-7-14(17)8-6-13/h5-8,15H,3-4,9-12,18H2,1-2H3. The molecule has 0 aromatic heterocycles. The molecule has 1 fully saturated rings. The van der Waals surface area contributed by atoms with Gasteiger partial charge in [0.15, 0.2) is 0 Å². The fraction of sp³-hybridized carbons (Fsp3) is 0.625. The fourth-order valence-corrected chi connectivity index (χ4v) is 3.51. The van der Waals surface area contributed by atoms with E-state index in [1.807, 2.05) is 0 Å².